The quantitative estimate of drug-likeness (QED) is 0.662. The number of hydrogen-bond donors (Lipinski definition) is 1. The van der Waals surface area contributed by atoms with Gasteiger partial charge in [-0.2, -0.15) is 0 Å². The van der Waals surface area contributed by atoms with Crippen LogP contribution in [0.15, 0.2) is 0 Å². The van der Waals surface area contributed by atoms with Crippen LogP contribution in [0.25, 0.3) is 0 Å². The normalized spacial score (nSPS) is 34.2. The molecule has 0 heterocycles. The maximum absolute atomic E-state index is 11.4. The molecule has 0 aliphatic heterocycles. The third kappa shape index (κ3) is 2.69. The van der Waals surface area contributed by atoms with Crippen LogP contribution in [0.3, 0.4) is 0 Å². The molecule has 1 aliphatic carbocycles. The van der Waals surface area contributed by atoms with Crippen molar-refractivity contribution in [3.8, 4) is 0 Å². The number of carbonyl (C=O) groups excluding carboxylic acids is 1. The van der Waals surface area contributed by atoms with E-state index in [9.17, 15) is 9.90 Å². The molecule has 0 saturated heterocycles. The molecular formula is C10H18O3. The zero-order valence-corrected chi connectivity index (χ0v) is 8.32. The van der Waals surface area contributed by atoms with E-state index in [1.165, 1.54) is 0 Å². The summed E-state index contributed by atoms with van der Waals surface area (Å²) in [4.78, 5) is 11.4. The number of carbonyl (C=O) groups is 1. The molecule has 0 aromatic carbocycles. The molecule has 1 N–H and O–H groups in total. The van der Waals surface area contributed by atoms with E-state index < -0.39 is 0 Å². The van der Waals surface area contributed by atoms with Gasteiger partial charge in [-0.3, -0.25) is 4.79 Å². The molecule has 76 valence electrons. The van der Waals surface area contributed by atoms with Gasteiger partial charge in [0.2, 0.25) is 0 Å². The number of aliphatic hydroxyl groups is 1. The molecule has 1 saturated carbocycles. The topological polar surface area (TPSA) is 46.5 Å². The molecule has 3 heteroatoms. The zero-order valence-electron chi connectivity index (χ0n) is 8.32. The predicted octanol–water partition coefficient (Wildman–Crippen LogP) is 1.35. The summed E-state index contributed by atoms with van der Waals surface area (Å²) in [6.45, 7) is 4.27. The van der Waals surface area contributed by atoms with Gasteiger partial charge in [-0.25, -0.2) is 0 Å². The molecule has 0 unspecified atom stereocenters. The molecule has 1 fully saturated rings. The summed E-state index contributed by atoms with van der Waals surface area (Å²) in [5, 5.41) is 9.36. The third-order valence-corrected chi connectivity index (χ3v) is 2.73. The fourth-order valence-corrected chi connectivity index (χ4v) is 1.97. The van der Waals surface area contributed by atoms with Gasteiger partial charge in [0.05, 0.1) is 18.6 Å². The first-order valence-corrected chi connectivity index (χ1v) is 4.99. The molecule has 1 rings (SSSR count). The van der Waals surface area contributed by atoms with Gasteiger partial charge in [0.15, 0.2) is 0 Å². The Hall–Kier alpha value is -0.570. The Labute approximate surface area is 79.1 Å². The minimum absolute atomic E-state index is 0.00310. The largest absolute Gasteiger partial charge is 0.466 e. The van der Waals surface area contributed by atoms with Crippen molar-refractivity contribution in [2.75, 3.05) is 6.61 Å². The van der Waals surface area contributed by atoms with E-state index in [1.807, 2.05) is 13.8 Å². The second-order valence-corrected chi connectivity index (χ2v) is 3.80. The summed E-state index contributed by atoms with van der Waals surface area (Å²) in [5.74, 6) is 0.160. The molecule has 0 amide bonds. The molecule has 13 heavy (non-hydrogen) atoms. The minimum Gasteiger partial charge on any atom is -0.466 e. The summed E-state index contributed by atoms with van der Waals surface area (Å²) >= 11 is 0. The predicted molar refractivity (Wildman–Crippen MR) is 49.1 cm³/mol. The minimum atomic E-state index is -0.222. The van der Waals surface area contributed by atoms with Gasteiger partial charge in [-0.15, -0.1) is 0 Å². The Morgan fingerprint density at radius 2 is 2.23 bits per heavy atom. The van der Waals surface area contributed by atoms with Crippen molar-refractivity contribution in [3.63, 3.8) is 0 Å². The number of ether oxygens (including phenoxy) is 1. The van der Waals surface area contributed by atoms with E-state index in [0.717, 1.165) is 19.3 Å². The van der Waals surface area contributed by atoms with Crippen LogP contribution in [0, 0.1) is 11.8 Å². The maximum atomic E-state index is 11.4. The lowest BCUT2D eigenvalue weighted by Crippen LogP contribution is -2.32. The van der Waals surface area contributed by atoms with Crippen LogP contribution in [-0.4, -0.2) is 23.8 Å². The summed E-state index contributed by atoms with van der Waals surface area (Å²) in [6.07, 6.45) is 2.00. The second-order valence-electron chi connectivity index (χ2n) is 3.80. The molecule has 0 bridgehead atoms. The average Bonchev–Trinajstić information content (AvgIpc) is 2.04. The smallest absolute Gasteiger partial charge is 0.309 e. The molecule has 3 atom stereocenters. The maximum Gasteiger partial charge on any atom is 0.309 e. The Bertz CT molecular complexity index is 179. The third-order valence-electron chi connectivity index (χ3n) is 2.73. The Kier molecular flexibility index (Phi) is 3.72. The van der Waals surface area contributed by atoms with Crippen LogP contribution in [0.5, 0.6) is 0 Å². The number of aliphatic hydroxyl groups excluding tert-OH is 1. The highest BCUT2D eigenvalue weighted by Gasteiger charge is 2.32. The first-order chi connectivity index (χ1) is 6.15. The molecule has 0 radical (unpaired) electrons. The van der Waals surface area contributed by atoms with Crippen molar-refractivity contribution in [2.45, 2.75) is 39.2 Å². The zero-order chi connectivity index (χ0) is 9.84. The van der Waals surface area contributed by atoms with E-state index in [2.05, 4.69) is 0 Å². The average molecular weight is 186 g/mol. The first kappa shape index (κ1) is 10.5. The summed E-state index contributed by atoms with van der Waals surface area (Å²) < 4.78 is 4.97. The van der Waals surface area contributed by atoms with Crippen LogP contribution < -0.4 is 0 Å². The van der Waals surface area contributed by atoms with Gasteiger partial charge < -0.3 is 9.84 Å². The SMILES string of the molecule is CCOC(=O)[C@H]1CC[C@H](O)C[C@@H]1C. The molecule has 0 spiro atoms. The Morgan fingerprint density at radius 3 is 2.77 bits per heavy atom. The fourth-order valence-electron chi connectivity index (χ4n) is 1.97. The van der Waals surface area contributed by atoms with E-state index in [0.29, 0.717) is 6.61 Å². The lowest BCUT2D eigenvalue weighted by atomic mass is 9.79. The van der Waals surface area contributed by atoms with Crippen LogP contribution >= 0.6 is 0 Å². The van der Waals surface area contributed by atoms with E-state index in [-0.39, 0.29) is 23.9 Å². The highest BCUT2D eigenvalue weighted by Crippen LogP contribution is 2.30. The van der Waals surface area contributed by atoms with Gasteiger partial charge in [-0.1, -0.05) is 6.92 Å². The van der Waals surface area contributed by atoms with Crippen molar-refractivity contribution in [2.24, 2.45) is 11.8 Å². The lowest BCUT2D eigenvalue weighted by Gasteiger charge is -2.29. The van der Waals surface area contributed by atoms with E-state index in [4.69, 9.17) is 4.74 Å². The van der Waals surface area contributed by atoms with Gasteiger partial charge in [0, 0.05) is 0 Å². The Balaban J connectivity index is 2.45. The monoisotopic (exact) mass is 186 g/mol. The second kappa shape index (κ2) is 4.61. The van der Waals surface area contributed by atoms with Crippen molar-refractivity contribution in [1.82, 2.24) is 0 Å². The van der Waals surface area contributed by atoms with Gasteiger partial charge in [0.25, 0.3) is 0 Å². The Morgan fingerprint density at radius 1 is 1.54 bits per heavy atom. The van der Waals surface area contributed by atoms with Crippen LogP contribution in [0.2, 0.25) is 0 Å². The number of rotatable bonds is 2. The van der Waals surface area contributed by atoms with Crippen molar-refractivity contribution in [1.29, 1.82) is 0 Å². The molecule has 1 aliphatic rings. The van der Waals surface area contributed by atoms with Gasteiger partial charge in [-0.05, 0) is 32.1 Å². The summed E-state index contributed by atoms with van der Waals surface area (Å²) in [7, 11) is 0. The highest BCUT2D eigenvalue weighted by molar-refractivity contribution is 5.72. The van der Waals surface area contributed by atoms with Crippen molar-refractivity contribution >= 4 is 5.97 Å². The van der Waals surface area contributed by atoms with E-state index >= 15 is 0 Å². The highest BCUT2D eigenvalue weighted by atomic mass is 16.5. The lowest BCUT2D eigenvalue weighted by molar-refractivity contribution is -0.152. The molecular weight excluding hydrogens is 168 g/mol. The van der Waals surface area contributed by atoms with Gasteiger partial charge >= 0.3 is 5.97 Å². The van der Waals surface area contributed by atoms with Crippen LogP contribution in [0.1, 0.15) is 33.1 Å². The van der Waals surface area contributed by atoms with Crippen molar-refractivity contribution in [3.05, 3.63) is 0 Å². The molecule has 0 aromatic heterocycles. The first-order valence-electron chi connectivity index (χ1n) is 4.99. The number of hydrogen-bond acceptors (Lipinski definition) is 3. The van der Waals surface area contributed by atoms with Gasteiger partial charge in [0.1, 0.15) is 0 Å². The fraction of sp³-hybridized carbons (Fsp3) is 0.900. The van der Waals surface area contributed by atoms with E-state index in [1.54, 1.807) is 0 Å². The summed E-state index contributed by atoms with van der Waals surface area (Å²) in [5.41, 5.74) is 0. The van der Waals surface area contributed by atoms with Crippen LogP contribution in [-0.2, 0) is 9.53 Å². The standard InChI is InChI=1S/C10H18O3/c1-3-13-10(12)9-5-4-8(11)6-7(9)2/h7-9,11H,3-6H2,1-2H3/t7-,8-,9-/m0/s1. The molecule has 0 aromatic rings. The van der Waals surface area contributed by atoms with Crippen LogP contribution in [0.4, 0.5) is 0 Å². The molecule has 3 nitrogen and oxygen atoms in total. The van der Waals surface area contributed by atoms with Crippen molar-refractivity contribution < 1.29 is 14.6 Å². The number of esters is 1. The summed E-state index contributed by atoms with van der Waals surface area (Å²) in [6, 6.07) is 0.